The quantitative estimate of drug-likeness (QED) is 0.507. The lowest BCUT2D eigenvalue weighted by atomic mass is 10.2. The Bertz CT molecular complexity index is 229. The van der Waals surface area contributed by atoms with E-state index in [1.54, 1.807) is 0 Å². The van der Waals surface area contributed by atoms with E-state index in [1.807, 2.05) is 13.8 Å². The molecule has 0 heterocycles. The fourth-order valence-corrected chi connectivity index (χ4v) is 1.26. The Kier molecular flexibility index (Phi) is 7.28. The number of hydrogen-bond acceptors (Lipinski definition) is 3. The van der Waals surface area contributed by atoms with Gasteiger partial charge in [0, 0.05) is 19.1 Å². The van der Waals surface area contributed by atoms with Crippen LogP contribution in [0, 0.1) is 0 Å². The highest BCUT2D eigenvalue weighted by atomic mass is 16.4. The Hall–Kier alpha value is -1.30. The van der Waals surface area contributed by atoms with E-state index in [0.717, 1.165) is 12.8 Å². The van der Waals surface area contributed by atoms with Gasteiger partial charge in [0.25, 0.3) is 0 Å². The monoisotopic (exact) mass is 232 g/mol. The van der Waals surface area contributed by atoms with Crippen LogP contribution in [0.5, 0.6) is 0 Å². The van der Waals surface area contributed by atoms with Crippen LogP contribution in [0.3, 0.4) is 0 Å². The number of aliphatic hydroxyl groups excluding tert-OH is 1. The fraction of sp³-hybridized carbons (Fsp3) is 0.800. The second-order valence-electron chi connectivity index (χ2n) is 3.53. The molecule has 0 bridgehead atoms. The molecule has 0 aliphatic rings. The summed E-state index contributed by atoms with van der Waals surface area (Å²) in [5, 5.41) is 22.4. The molecule has 1 atom stereocenters. The first kappa shape index (κ1) is 14.7. The van der Waals surface area contributed by atoms with Gasteiger partial charge in [-0.25, -0.2) is 9.59 Å². The molecular formula is C10H20N2O4. The molecule has 94 valence electrons. The van der Waals surface area contributed by atoms with Crippen LogP contribution in [0.15, 0.2) is 0 Å². The zero-order valence-corrected chi connectivity index (χ0v) is 9.69. The van der Waals surface area contributed by atoms with Gasteiger partial charge in [0.2, 0.25) is 0 Å². The summed E-state index contributed by atoms with van der Waals surface area (Å²) in [5.74, 6) is -1.14. The number of nitrogens with one attached hydrogen (secondary N) is 2. The minimum atomic E-state index is -1.14. The van der Waals surface area contributed by atoms with Gasteiger partial charge in [0.05, 0.1) is 0 Å². The van der Waals surface area contributed by atoms with Crippen molar-refractivity contribution in [3.8, 4) is 0 Å². The van der Waals surface area contributed by atoms with Crippen LogP contribution >= 0.6 is 0 Å². The van der Waals surface area contributed by atoms with E-state index in [4.69, 9.17) is 10.2 Å². The number of aliphatic hydroxyl groups is 1. The molecule has 6 heteroatoms. The third-order valence-electron chi connectivity index (χ3n) is 2.34. The van der Waals surface area contributed by atoms with Gasteiger partial charge < -0.3 is 20.8 Å². The van der Waals surface area contributed by atoms with E-state index in [-0.39, 0.29) is 19.1 Å². The topological polar surface area (TPSA) is 98.7 Å². The number of carbonyl (C=O) groups excluding carboxylic acids is 1. The molecular weight excluding hydrogens is 212 g/mol. The van der Waals surface area contributed by atoms with Crippen molar-refractivity contribution < 1.29 is 19.8 Å². The standard InChI is InChI=1S/C10H20N2O4/c1-3-7(4-2)11-10(16)12-8(5-6-13)9(14)15/h7-8,13H,3-6H2,1-2H3,(H,14,15)(H2,11,12,16). The SMILES string of the molecule is CCC(CC)NC(=O)NC(CCO)C(=O)O. The average Bonchev–Trinajstić information content (AvgIpc) is 2.25. The number of aliphatic carboxylic acids is 1. The van der Waals surface area contributed by atoms with Crippen LogP contribution in [0.1, 0.15) is 33.1 Å². The van der Waals surface area contributed by atoms with Gasteiger partial charge in [-0.1, -0.05) is 13.8 Å². The second-order valence-corrected chi connectivity index (χ2v) is 3.53. The highest BCUT2D eigenvalue weighted by molar-refractivity contribution is 5.82. The molecule has 0 aromatic rings. The molecule has 2 amide bonds. The predicted octanol–water partition coefficient (Wildman–Crippen LogP) is 0.310. The Morgan fingerprint density at radius 2 is 1.75 bits per heavy atom. The third kappa shape index (κ3) is 5.55. The molecule has 0 radical (unpaired) electrons. The molecule has 0 fully saturated rings. The van der Waals surface area contributed by atoms with Gasteiger partial charge in [-0.2, -0.15) is 0 Å². The predicted molar refractivity (Wildman–Crippen MR) is 59.2 cm³/mol. The van der Waals surface area contributed by atoms with E-state index in [9.17, 15) is 9.59 Å². The van der Waals surface area contributed by atoms with Gasteiger partial charge in [-0.3, -0.25) is 0 Å². The summed E-state index contributed by atoms with van der Waals surface area (Å²) in [6.07, 6.45) is 1.59. The Balaban J connectivity index is 4.13. The highest BCUT2D eigenvalue weighted by Gasteiger charge is 2.19. The largest absolute Gasteiger partial charge is 0.480 e. The minimum Gasteiger partial charge on any atom is -0.480 e. The normalized spacial score (nSPS) is 12.2. The number of carboxylic acid groups (broad SMARTS) is 1. The Labute approximate surface area is 95.0 Å². The highest BCUT2D eigenvalue weighted by Crippen LogP contribution is 1.97. The van der Waals surface area contributed by atoms with Crippen molar-refractivity contribution in [1.29, 1.82) is 0 Å². The molecule has 0 aromatic carbocycles. The molecule has 16 heavy (non-hydrogen) atoms. The van der Waals surface area contributed by atoms with E-state index in [0.29, 0.717) is 0 Å². The summed E-state index contributed by atoms with van der Waals surface area (Å²) in [5.41, 5.74) is 0. The molecule has 6 nitrogen and oxygen atoms in total. The Morgan fingerprint density at radius 3 is 2.12 bits per heavy atom. The smallest absolute Gasteiger partial charge is 0.326 e. The van der Waals surface area contributed by atoms with Gasteiger partial charge in [0.1, 0.15) is 6.04 Å². The zero-order valence-electron chi connectivity index (χ0n) is 9.69. The van der Waals surface area contributed by atoms with E-state index in [2.05, 4.69) is 10.6 Å². The maximum atomic E-state index is 11.4. The first-order valence-corrected chi connectivity index (χ1v) is 5.45. The van der Waals surface area contributed by atoms with Crippen molar-refractivity contribution in [1.82, 2.24) is 10.6 Å². The lowest BCUT2D eigenvalue weighted by Gasteiger charge is -2.18. The first-order valence-electron chi connectivity index (χ1n) is 5.45. The lowest BCUT2D eigenvalue weighted by Crippen LogP contribution is -2.49. The first-order chi connectivity index (χ1) is 7.54. The maximum Gasteiger partial charge on any atom is 0.326 e. The van der Waals surface area contributed by atoms with E-state index >= 15 is 0 Å². The summed E-state index contributed by atoms with van der Waals surface area (Å²) in [6.45, 7) is 3.61. The molecule has 4 N–H and O–H groups in total. The number of hydrogen-bond donors (Lipinski definition) is 4. The van der Waals surface area contributed by atoms with Crippen LogP contribution in [0.25, 0.3) is 0 Å². The molecule has 0 spiro atoms. The second kappa shape index (κ2) is 7.92. The number of urea groups is 1. The molecule has 0 aromatic heterocycles. The molecule has 0 saturated heterocycles. The minimum absolute atomic E-state index is 0.00563. The van der Waals surface area contributed by atoms with Crippen LogP contribution < -0.4 is 10.6 Å². The number of carbonyl (C=O) groups is 2. The molecule has 0 saturated carbocycles. The van der Waals surface area contributed by atoms with E-state index in [1.165, 1.54) is 0 Å². The molecule has 0 aliphatic heterocycles. The molecule has 0 rings (SSSR count). The lowest BCUT2D eigenvalue weighted by molar-refractivity contribution is -0.139. The third-order valence-corrected chi connectivity index (χ3v) is 2.34. The van der Waals surface area contributed by atoms with Crippen LogP contribution in [0.2, 0.25) is 0 Å². The van der Waals surface area contributed by atoms with E-state index < -0.39 is 18.0 Å². The van der Waals surface area contributed by atoms with Crippen molar-refractivity contribution >= 4 is 12.0 Å². The van der Waals surface area contributed by atoms with Crippen molar-refractivity contribution in [3.05, 3.63) is 0 Å². The summed E-state index contributed by atoms with van der Waals surface area (Å²) in [7, 11) is 0. The van der Waals surface area contributed by atoms with Crippen molar-refractivity contribution in [2.75, 3.05) is 6.61 Å². The summed E-state index contributed by atoms with van der Waals surface area (Å²) >= 11 is 0. The van der Waals surface area contributed by atoms with Crippen molar-refractivity contribution in [2.45, 2.75) is 45.2 Å². The molecule has 0 aliphatic carbocycles. The fourth-order valence-electron chi connectivity index (χ4n) is 1.26. The number of amides is 2. The number of carboxylic acids is 1. The summed E-state index contributed by atoms with van der Waals surface area (Å²) in [6, 6.07) is -1.50. The van der Waals surface area contributed by atoms with Crippen LogP contribution in [0.4, 0.5) is 4.79 Å². The number of rotatable bonds is 7. The van der Waals surface area contributed by atoms with Gasteiger partial charge in [0.15, 0.2) is 0 Å². The zero-order chi connectivity index (χ0) is 12.6. The maximum absolute atomic E-state index is 11.4. The van der Waals surface area contributed by atoms with Crippen LogP contribution in [-0.2, 0) is 4.79 Å². The van der Waals surface area contributed by atoms with Gasteiger partial charge in [-0.05, 0) is 12.8 Å². The van der Waals surface area contributed by atoms with Gasteiger partial charge in [-0.15, -0.1) is 0 Å². The summed E-state index contributed by atoms with van der Waals surface area (Å²) in [4.78, 5) is 22.1. The average molecular weight is 232 g/mol. The molecule has 1 unspecified atom stereocenters. The van der Waals surface area contributed by atoms with Crippen molar-refractivity contribution in [3.63, 3.8) is 0 Å². The summed E-state index contributed by atoms with van der Waals surface area (Å²) < 4.78 is 0. The van der Waals surface area contributed by atoms with Crippen molar-refractivity contribution in [2.24, 2.45) is 0 Å². The van der Waals surface area contributed by atoms with Gasteiger partial charge >= 0.3 is 12.0 Å². The van der Waals surface area contributed by atoms with Crippen LogP contribution in [-0.4, -0.2) is 40.9 Å². The Morgan fingerprint density at radius 1 is 1.19 bits per heavy atom.